The van der Waals surface area contributed by atoms with E-state index in [1.165, 1.54) is 17.3 Å². The van der Waals surface area contributed by atoms with Crippen LogP contribution in [0.1, 0.15) is 35.3 Å². The van der Waals surface area contributed by atoms with Gasteiger partial charge in [0.25, 0.3) is 0 Å². The van der Waals surface area contributed by atoms with Crippen LogP contribution in [0.5, 0.6) is 5.88 Å². The van der Waals surface area contributed by atoms with Crippen molar-refractivity contribution < 1.29 is 14.6 Å². The Balaban J connectivity index is 2.42. The molecular weight excluding hydrogens is 298 g/mol. The minimum Gasteiger partial charge on any atom is -0.477 e. The maximum atomic E-state index is 11.3. The Morgan fingerprint density at radius 3 is 2.50 bits per heavy atom. The maximum absolute atomic E-state index is 11.3. The molecule has 0 aliphatic rings. The summed E-state index contributed by atoms with van der Waals surface area (Å²) in [4.78, 5) is 16.8. The van der Waals surface area contributed by atoms with Crippen molar-refractivity contribution in [2.24, 2.45) is 0 Å². The lowest BCUT2D eigenvalue weighted by Crippen LogP contribution is -2.07. The molecule has 0 aliphatic carbocycles. The molecule has 116 valence electrons. The molecule has 2 aromatic rings. The average molecular weight is 317 g/mol. The summed E-state index contributed by atoms with van der Waals surface area (Å²) in [5.41, 5.74) is 2.22. The Hall–Kier alpha value is -2.01. The van der Waals surface area contributed by atoms with Gasteiger partial charge in [0.2, 0.25) is 5.88 Å². The third-order valence-electron chi connectivity index (χ3n) is 3.15. The zero-order chi connectivity index (χ0) is 16.1. The molecule has 5 heteroatoms. The molecule has 1 heterocycles. The first-order chi connectivity index (χ1) is 10.5. The van der Waals surface area contributed by atoms with E-state index < -0.39 is 5.97 Å². The lowest BCUT2D eigenvalue weighted by atomic mass is 10.1. The number of ether oxygens (including phenoxy) is 1. The fourth-order valence-corrected chi connectivity index (χ4v) is 2.94. The minimum atomic E-state index is -1.02. The topological polar surface area (TPSA) is 59.4 Å². The van der Waals surface area contributed by atoms with Gasteiger partial charge in [0.1, 0.15) is 10.6 Å². The van der Waals surface area contributed by atoms with Crippen molar-refractivity contribution in [2.45, 2.75) is 37.1 Å². The summed E-state index contributed by atoms with van der Waals surface area (Å²) in [6.07, 6.45) is 0.716. The second-order valence-corrected chi connectivity index (χ2v) is 5.87. The lowest BCUT2D eigenvalue weighted by Gasteiger charge is -2.12. The number of hydrogen-bond acceptors (Lipinski definition) is 4. The summed E-state index contributed by atoms with van der Waals surface area (Å²) in [7, 11) is 0. The van der Waals surface area contributed by atoms with Crippen LogP contribution in [0.3, 0.4) is 0 Å². The molecule has 0 unspecified atom stereocenters. The van der Waals surface area contributed by atoms with Crippen LogP contribution in [0, 0.1) is 6.92 Å². The van der Waals surface area contributed by atoms with Crippen molar-refractivity contribution in [3.63, 3.8) is 0 Å². The van der Waals surface area contributed by atoms with Gasteiger partial charge in [-0.05, 0) is 44.0 Å². The third-order valence-corrected chi connectivity index (χ3v) is 4.21. The van der Waals surface area contributed by atoms with Crippen LogP contribution in [-0.4, -0.2) is 22.7 Å². The Kier molecular flexibility index (Phi) is 5.44. The second-order valence-electron chi connectivity index (χ2n) is 4.81. The number of aromatic nitrogens is 1. The Morgan fingerprint density at radius 2 is 1.95 bits per heavy atom. The first kappa shape index (κ1) is 16.4. The zero-order valence-electron chi connectivity index (χ0n) is 12.9. The van der Waals surface area contributed by atoms with Gasteiger partial charge >= 0.3 is 5.97 Å². The van der Waals surface area contributed by atoms with Crippen LogP contribution in [0.25, 0.3) is 0 Å². The number of pyridine rings is 1. The van der Waals surface area contributed by atoms with Crippen molar-refractivity contribution in [3.8, 4) is 5.88 Å². The van der Waals surface area contributed by atoms with E-state index in [0.29, 0.717) is 13.0 Å². The van der Waals surface area contributed by atoms with E-state index in [1.54, 1.807) is 6.07 Å². The van der Waals surface area contributed by atoms with E-state index in [2.05, 4.69) is 4.98 Å². The molecule has 2 rings (SSSR count). The maximum Gasteiger partial charge on any atom is 0.341 e. The van der Waals surface area contributed by atoms with E-state index in [1.807, 2.05) is 45.0 Å². The first-order valence-electron chi connectivity index (χ1n) is 7.19. The van der Waals surface area contributed by atoms with Crippen LogP contribution >= 0.6 is 11.8 Å². The number of benzene rings is 1. The van der Waals surface area contributed by atoms with Crippen molar-refractivity contribution in [2.75, 3.05) is 6.61 Å². The molecule has 0 fully saturated rings. The van der Waals surface area contributed by atoms with Gasteiger partial charge in [-0.3, -0.25) is 0 Å². The summed E-state index contributed by atoms with van der Waals surface area (Å²) in [6, 6.07) is 9.82. The van der Waals surface area contributed by atoms with Crippen molar-refractivity contribution >= 4 is 17.7 Å². The van der Waals surface area contributed by atoms with E-state index in [4.69, 9.17) is 4.74 Å². The number of carbonyl (C=O) groups is 1. The Bertz CT molecular complexity index is 668. The molecule has 0 atom stereocenters. The largest absolute Gasteiger partial charge is 0.477 e. The molecule has 0 radical (unpaired) electrons. The molecule has 0 spiro atoms. The molecule has 1 N–H and O–H groups in total. The van der Waals surface area contributed by atoms with E-state index in [-0.39, 0.29) is 11.4 Å². The molecule has 0 bridgehead atoms. The van der Waals surface area contributed by atoms with Crippen LogP contribution < -0.4 is 4.74 Å². The number of nitrogens with zero attached hydrogens (tertiary/aromatic N) is 1. The smallest absolute Gasteiger partial charge is 0.341 e. The lowest BCUT2D eigenvalue weighted by molar-refractivity contribution is 0.0691. The third kappa shape index (κ3) is 3.80. The minimum absolute atomic E-state index is 0.118. The Labute approximate surface area is 134 Å². The predicted octanol–water partition coefficient (Wildman–Crippen LogP) is 4.20. The molecular formula is C17H19NO3S. The van der Waals surface area contributed by atoms with Crippen LogP contribution in [0.2, 0.25) is 0 Å². The van der Waals surface area contributed by atoms with E-state index >= 15 is 0 Å². The van der Waals surface area contributed by atoms with Gasteiger partial charge in [-0.15, -0.1) is 0 Å². The molecule has 0 saturated carbocycles. The highest BCUT2D eigenvalue weighted by molar-refractivity contribution is 7.99. The molecule has 0 amide bonds. The number of aryl methyl sites for hydroxylation is 2. The fraction of sp³-hybridized carbons (Fsp3) is 0.294. The number of hydrogen-bond donors (Lipinski definition) is 1. The molecule has 22 heavy (non-hydrogen) atoms. The van der Waals surface area contributed by atoms with Crippen molar-refractivity contribution in [1.29, 1.82) is 0 Å². The first-order valence-corrected chi connectivity index (χ1v) is 8.01. The van der Waals surface area contributed by atoms with Gasteiger partial charge in [-0.25, -0.2) is 9.78 Å². The molecule has 1 aromatic carbocycles. The van der Waals surface area contributed by atoms with E-state index in [9.17, 15) is 9.90 Å². The van der Waals surface area contributed by atoms with E-state index in [0.717, 1.165) is 15.5 Å². The van der Waals surface area contributed by atoms with Crippen molar-refractivity contribution in [3.05, 3.63) is 47.0 Å². The summed E-state index contributed by atoms with van der Waals surface area (Å²) in [5, 5.41) is 10.1. The summed E-state index contributed by atoms with van der Waals surface area (Å²) < 4.78 is 5.39. The Morgan fingerprint density at radius 1 is 1.27 bits per heavy atom. The molecule has 4 nitrogen and oxygen atoms in total. The van der Waals surface area contributed by atoms with Gasteiger partial charge < -0.3 is 9.84 Å². The number of carboxylic acid groups (broad SMARTS) is 1. The highest BCUT2D eigenvalue weighted by Crippen LogP contribution is 2.32. The molecule has 0 aliphatic heterocycles. The summed E-state index contributed by atoms with van der Waals surface area (Å²) in [6.45, 7) is 6.22. The van der Waals surface area contributed by atoms with Gasteiger partial charge in [0.05, 0.1) is 6.61 Å². The van der Waals surface area contributed by atoms with Gasteiger partial charge in [-0.2, -0.15) is 0 Å². The molecule has 0 saturated heterocycles. The quantitative estimate of drug-likeness (QED) is 0.865. The van der Waals surface area contributed by atoms with Gasteiger partial charge in [0.15, 0.2) is 0 Å². The standard InChI is InChI=1S/C17H19NO3S/c1-4-12-10-14(17(19)20)15(21-5-2)18-16(12)22-13-8-6-11(3)7-9-13/h6-10H,4-5H2,1-3H3,(H,19,20). The normalized spacial score (nSPS) is 10.5. The highest BCUT2D eigenvalue weighted by atomic mass is 32.2. The number of carboxylic acids is 1. The zero-order valence-corrected chi connectivity index (χ0v) is 13.7. The van der Waals surface area contributed by atoms with Crippen LogP contribution in [-0.2, 0) is 6.42 Å². The SMILES string of the molecule is CCOc1nc(Sc2ccc(C)cc2)c(CC)cc1C(=O)O. The number of aromatic carboxylic acids is 1. The van der Waals surface area contributed by atoms with Crippen LogP contribution in [0.4, 0.5) is 0 Å². The van der Waals surface area contributed by atoms with Crippen molar-refractivity contribution in [1.82, 2.24) is 4.98 Å². The van der Waals surface area contributed by atoms with Crippen LogP contribution in [0.15, 0.2) is 40.3 Å². The monoisotopic (exact) mass is 317 g/mol. The fourth-order valence-electron chi connectivity index (χ4n) is 1.98. The van der Waals surface area contributed by atoms with Gasteiger partial charge in [-0.1, -0.05) is 36.4 Å². The second kappa shape index (κ2) is 7.31. The summed E-state index contributed by atoms with van der Waals surface area (Å²) >= 11 is 1.52. The number of rotatable bonds is 6. The average Bonchev–Trinajstić information content (AvgIpc) is 2.50. The molecule has 1 aromatic heterocycles. The summed E-state index contributed by atoms with van der Waals surface area (Å²) in [5.74, 6) is -0.834. The highest BCUT2D eigenvalue weighted by Gasteiger charge is 2.17. The predicted molar refractivity (Wildman–Crippen MR) is 87.0 cm³/mol. The van der Waals surface area contributed by atoms with Gasteiger partial charge in [0, 0.05) is 4.90 Å².